The first-order valence-electron chi connectivity index (χ1n) is 11.5. The van der Waals surface area contributed by atoms with Crippen LogP contribution in [0, 0.1) is 11.3 Å². The lowest BCUT2D eigenvalue weighted by Crippen LogP contribution is -2.36. The summed E-state index contributed by atoms with van der Waals surface area (Å²) >= 11 is 0. The van der Waals surface area contributed by atoms with E-state index in [1.165, 1.54) is 7.11 Å². The van der Waals surface area contributed by atoms with E-state index in [4.69, 9.17) is 10.5 Å². The van der Waals surface area contributed by atoms with Gasteiger partial charge in [-0.1, -0.05) is 17.3 Å². The Morgan fingerprint density at radius 2 is 2.00 bits per heavy atom. The number of nitrogens with two attached hydrogens (primary N) is 1. The molecule has 1 atom stereocenters. The van der Waals surface area contributed by atoms with Crippen molar-refractivity contribution in [1.29, 1.82) is 5.26 Å². The van der Waals surface area contributed by atoms with Crippen LogP contribution < -0.4 is 15.4 Å². The lowest BCUT2D eigenvalue weighted by Gasteiger charge is -2.22. The number of pyridine rings is 1. The van der Waals surface area contributed by atoms with Crippen LogP contribution in [0.4, 0.5) is 11.8 Å². The van der Waals surface area contributed by atoms with Crippen molar-refractivity contribution in [2.45, 2.75) is 25.4 Å². The third-order valence-corrected chi connectivity index (χ3v) is 6.11. The molecule has 0 spiro atoms. The van der Waals surface area contributed by atoms with E-state index >= 15 is 0 Å². The highest BCUT2D eigenvalue weighted by molar-refractivity contribution is 5.78. The Labute approximate surface area is 212 Å². The maximum absolute atomic E-state index is 11.6. The second-order valence-corrected chi connectivity index (χ2v) is 8.47. The van der Waals surface area contributed by atoms with E-state index in [1.54, 1.807) is 35.1 Å². The molecule has 3 N–H and O–H groups in total. The summed E-state index contributed by atoms with van der Waals surface area (Å²) in [5.41, 5.74) is 9.11. The van der Waals surface area contributed by atoms with Crippen molar-refractivity contribution in [3.05, 3.63) is 59.9 Å². The first kappa shape index (κ1) is 23.7. The third kappa shape index (κ3) is 4.74. The van der Waals surface area contributed by atoms with Crippen molar-refractivity contribution < 1.29 is 14.6 Å². The number of para-hydroxylation sites is 1. The van der Waals surface area contributed by atoms with E-state index in [0.717, 1.165) is 6.42 Å². The predicted octanol–water partition coefficient (Wildman–Crippen LogP) is 2.36. The van der Waals surface area contributed by atoms with E-state index in [0.29, 0.717) is 65.0 Å². The molecular weight excluding hydrogens is 474 g/mol. The van der Waals surface area contributed by atoms with Gasteiger partial charge in [-0.05, 0) is 43.2 Å². The van der Waals surface area contributed by atoms with E-state index < -0.39 is 12.0 Å². The summed E-state index contributed by atoms with van der Waals surface area (Å²) in [7, 11) is 1.49. The van der Waals surface area contributed by atoms with E-state index in [9.17, 15) is 15.2 Å². The van der Waals surface area contributed by atoms with Gasteiger partial charge in [0.25, 0.3) is 0 Å². The van der Waals surface area contributed by atoms with Crippen LogP contribution in [0.15, 0.2) is 48.7 Å². The monoisotopic (exact) mass is 497 g/mol. The van der Waals surface area contributed by atoms with Gasteiger partial charge in [0.1, 0.15) is 29.4 Å². The Morgan fingerprint density at radius 1 is 1.19 bits per heavy atom. The quantitative estimate of drug-likeness (QED) is 0.384. The summed E-state index contributed by atoms with van der Waals surface area (Å²) < 4.78 is 7.07. The number of aromatic nitrogens is 6. The molecule has 186 valence electrons. The van der Waals surface area contributed by atoms with Gasteiger partial charge >= 0.3 is 5.97 Å². The van der Waals surface area contributed by atoms with Crippen LogP contribution in [0.1, 0.15) is 24.1 Å². The van der Waals surface area contributed by atoms with Crippen LogP contribution in [-0.2, 0) is 11.3 Å². The largest absolute Gasteiger partial charge is 0.495 e. The van der Waals surface area contributed by atoms with Crippen molar-refractivity contribution in [2.24, 2.45) is 0 Å². The van der Waals surface area contributed by atoms with Gasteiger partial charge in [-0.25, -0.2) is 24.4 Å². The Hall–Kier alpha value is -5.05. The molecule has 3 aromatic heterocycles. The molecule has 0 radical (unpaired) electrons. The molecule has 4 heterocycles. The van der Waals surface area contributed by atoms with Crippen molar-refractivity contribution in [3.8, 4) is 34.5 Å². The van der Waals surface area contributed by atoms with Crippen LogP contribution in [0.3, 0.4) is 0 Å². The molecule has 37 heavy (non-hydrogen) atoms. The first-order valence-corrected chi connectivity index (χ1v) is 11.5. The molecule has 1 saturated heterocycles. The minimum atomic E-state index is -0.842. The van der Waals surface area contributed by atoms with Crippen molar-refractivity contribution in [3.63, 3.8) is 0 Å². The number of carboxylic acids is 1. The number of aliphatic carboxylic acids is 1. The molecule has 1 fully saturated rings. The molecule has 0 saturated carbocycles. The molecule has 0 bridgehead atoms. The molecule has 1 unspecified atom stereocenters. The number of carbonyl (C=O) groups is 1. The van der Waals surface area contributed by atoms with Crippen LogP contribution in [0.5, 0.6) is 5.75 Å². The average Bonchev–Trinajstić information content (AvgIpc) is 3.58. The van der Waals surface area contributed by atoms with Gasteiger partial charge in [0.15, 0.2) is 0 Å². The van der Waals surface area contributed by atoms with Gasteiger partial charge in [-0.15, -0.1) is 5.10 Å². The van der Waals surface area contributed by atoms with Gasteiger partial charge < -0.3 is 20.5 Å². The number of hydrogen-bond donors (Lipinski definition) is 2. The molecule has 12 nitrogen and oxygen atoms in total. The number of methoxy groups -OCH3 is 1. The lowest BCUT2D eigenvalue weighted by atomic mass is 10.1. The molecule has 4 aromatic rings. The highest BCUT2D eigenvalue weighted by Gasteiger charge is 2.31. The minimum absolute atomic E-state index is 0.0411. The Kier molecular flexibility index (Phi) is 6.34. The SMILES string of the molecule is COc1c(C#N)cccc1-c1cc(-c2cn(Cc3cccc(N4CCCC4C(=O)O)n3)nn2)nc(N)n1. The smallest absolute Gasteiger partial charge is 0.326 e. The number of rotatable bonds is 7. The topological polar surface area (TPSA) is 169 Å². The zero-order chi connectivity index (χ0) is 25.9. The summed E-state index contributed by atoms with van der Waals surface area (Å²) in [5, 5.41) is 27.3. The predicted molar refractivity (Wildman–Crippen MR) is 134 cm³/mol. The molecule has 0 amide bonds. The second-order valence-electron chi connectivity index (χ2n) is 8.47. The molecular formula is C25H23N9O3. The number of benzene rings is 1. The van der Waals surface area contributed by atoms with Gasteiger partial charge in [0.05, 0.1) is 42.5 Å². The number of hydrogen-bond acceptors (Lipinski definition) is 10. The fourth-order valence-corrected chi connectivity index (χ4v) is 4.45. The zero-order valence-electron chi connectivity index (χ0n) is 19.9. The van der Waals surface area contributed by atoms with Crippen LogP contribution in [0.2, 0.25) is 0 Å². The summed E-state index contributed by atoms with van der Waals surface area (Å²) in [6.45, 7) is 0.984. The summed E-state index contributed by atoms with van der Waals surface area (Å²) in [6, 6.07) is 14.0. The van der Waals surface area contributed by atoms with Gasteiger partial charge in [0, 0.05) is 12.1 Å². The van der Waals surface area contributed by atoms with Crippen LogP contribution in [-0.4, -0.2) is 60.7 Å². The Balaban J connectivity index is 1.41. The van der Waals surface area contributed by atoms with Gasteiger partial charge in [-0.3, -0.25) is 0 Å². The van der Waals surface area contributed by atoms with E-state index in [-0.39, 0.29) is 5.95 Å². The number of nitrogen functional groups attached to an aromatic ring is 1. The van der Waals surface area contributed by atoms with Crippen molar-refractivity contribution in [1.82, 2.24) is 29.9 Å². The summed E-state index contributed by atoms with van der Waals surface area (Å²) in [4.78, 5) is 26.7. The maximum atomic E-state index is 11.6. The molecule has 1 aromatic carbocycles. The maximum Gasteiger partial charge on any atom is 0.326 e. The van der Waals surface area contributed by atoms with Gasteiger partial charge in [-0.2, -0.15) is 5.26 Å². The first-order chi connectivity index (χ1) is 18.0. The highest BCUT2D eigenvalue weighted by atomic mass is 16.5. The summed E-state index contributed by atoms with van der Waals surface area (Å²) in [6.07, 6.45) is 3.13. The number of ether oxygens (including phenoxy) is 1. The second kappa shape index (κ2) is 9.90. The standard InChI is InChI=1S/C25H23N9O3/c1-37-23-15(12-26)5-2-7-17(23)18-11-19(30-25(27)29-18)20-14-33(32-31-20)13-16-6-3-9-22(28-16)34-10-4-8-21(34)24(35)36/h2-3,5-7,9,11,14,21H,4,8,10,13H2,1H3,(H,35,36)(H2,27,29,30). The summed E-state index contributed by atoms with van der Waals surface area (Å²) in [5.74, 6) is 0.224. The van der Waals surface area contributed by atoms with Crippen LogP contribution in [0.25, 0.3) is 22.6 Å². The fourth-order valence-electron chi connectivity index (χ4n) is 4.45. The van der Waals surface area contributed by atoms with Crippen LogP contribution >= 0.6 is 0 Å². The average molecular weight is 498 g/mol. The van der Waals surface area contributed by atoms with Gasteiger partial charge in [0.2, 0.25) is 5.95 Å². The molecule has 1 aliphatic heterocycles. The number of nitrogens with zero attached hydrogens (tertiary/aromatic N) is 8. The molecule has 12 heteroatoms. The minimum Gasteiger partial charge on any atom is -0.495 e. The van der Waals surface area contributed by atoms with E-state index in [1.807, 2.05) is 23.1 Å². The zero-order valence-corrected chi connectivity index (χ0v) is 19.9. The number of anilines is 2. The third-order valence-electron chi connectivity index (χ3n) is 6.11. The van der Waals surface area contributed by atoms with Crippen molar-refractivity contribution in [2.75, 3.05) is 24.3 Å². The number of nitriles is 1. The lowest BCUT2D eigenvalue weighted by molar-refractivity contribution is -0.138. The molecule has 0 aliphatic carbocycles. The highest BCUT2D eigenvalue weighted by Crippen LogP contribution is 2.33. The normalized spacial score (nSPS) is 14.9. The Bertz CT molecular complexity index is 1510. The Morgan fingerprint density at radius 3 is 2.78 bits per heavy atom. The fraction of sp³-hybridized carbons (Fsp3) is 0.240. The molecule has 5 rings (SSSR count). The van der Waals surface area contributed by atoms with Crippen molar-refractivity contribution >= 4 is 17.7 Å². The van der Waals surface area contributed by atoms with E-state index in [2.05, 4.69) is 31.3 Å². The molecule has 1 aliphatic rings. The number of carboxylic acid groups (broad SMARTS) is 1.